The summed E-state index contributed by atoms with van der Waals surface area (Å²) in [5.41, 5.74) is 9.22. The molecule has 0 radical (unpaired) electrons. The van der Waals surface area contributed by atoms with Crippen LogP contribution in [-0.4, -0.2) is 8.07 Å². The monoisotopic (exact) mass is 484 g/mol. The molecule has 0 saturated carbocycles. The third-order valence-corrected chi connectivity index (χ3v) is 9.74. The SMILES string of the molecule is Cc1cc2c(oc3c(C)c(F)ccc32)c(-c2cc(C(C)C)c3cc([Si](C)(C)C)ccc3[n+]2C)c1C. The van der Waals surface area contributed by atoms with E-state index < -0.39 is 8.07 Å². The van der Waals surface area contributed by atoms with Crippen LogP contribution < -0.4 is 9.75 Å². The van der Waals surface area contributed by atoms with E-state index in [2.05, 4.69) is 89.3 Å². The van der Waals surface area contributed by atoms with Crippen LogP contribution in [0.2, 0.25) is 19.6 Å². The fourth-order valence-electron chi connectivity index (χ4n) is 5.32. The number of benzene rings is 3. The zero-order valence-electron chi connectivity index (χ0n) is 22.4. The first-order valence-electron chi connectivity index (χ1n) is 12.5. The van der Waals surface area contributed by atoms with Crippen molar-refractivity contribution in [1.29, 1.82) is 0 Å². The van der Waals surface area contributed by atoms with Crippen molar-refractivity contribution in [3.8, 4) is 11.3 Å². The van der Waals surface area contributed by atoms with Crippen LogP contribution in [0.4, 0.5) is 4.39 Å². The van der Waals surface area contributed by atoms with Crippen LogP contribution in [0, 0.1) is 26.6 Å². The highest BCUT2D eigenvalue weighted by atomic mass is 28.3. The number of fused-ring (bicyclic) bond motifs is 4. The molecule has 5 rings (SSSR count). The lowest BCUT2D eigenvalue weighted by Crippen LogP contribution is -2.39. The molecule has 2 heterocycles. The minimum Gasteiger partial charge on any atom is -0.455 e. The summed E-state index contributed by atoms with van der Waals surface area (Å²) >= 11 is 0. The topological polar surface area (TPSA) is 17.0 Å². The van der Waals surface area contributed by atoms with E-state index in [0.29, 0.717) is 17.1 Å². The Bertz CT molecular complexity index is 1650. The first-order chi connectivity index (χ1) is 16.4. The van der Waals surface area contributed by atoms with E-state index in [9.17, 15) is 4.39 Å². The molecule has 0 bridgehead atoms. The summed E-state index contributed by atoms with van der Waals surface area (Å²) in [5, 5.41) is 4.82. The van der Waals surface area contributed by atoms with Crippen molar-refractivity contribution in [3.05, 3.63) is 70.5 Å². The Morgan fingerprint density at radius 3 is 2.20 bits per heavy atom. The van der Waals surface area contributed by atoms with E-state index >= 15 is 0 Å². The molecule has 0 aliphatic heterocycles. The molecular formula is C31H35FNOSi+. The van der Waals surface area contributed by atoms with Gasteiger partial charge < -0.3 is 4.42 Å². The van der Waals surface area contributed by atoms with Crippen LogP contribution in [0.3, 0.4) is 0 Å². The van der Waals surface area contributed by atoms with Gasteiger partial charge in [0, 0.05) is 33.9 Å². The van der Waals surface area contributed by atoms with Gasteiger partial charge in [0.25, 0.3) is 0 Å². The molecule has 0 aliphatic rings. The number of hydrogen-bond acceptors (Lipinski definition) is 1. The average Bonchev–Trinajstić information content (AvgIpc) is 3.15. The van der Waals surface area contributed by atoms with Gasteiger partial charge in [-0.05, 0) is 67.6 Å². The molecule has 5 aromatic rings. The standard InChI is InChI=1S/C31H35FNOSi/c1-17(2)23-16-28(33(6)27-13-10-21(15-24(23)27)35(7,8)9)29-19(4)18(3)14-25-22-11-12-26(32)20(5)30(22)34-31(25)29/h10-17H,1-9H3/q+1. The summed E-state index contributed by atoms with van der Waals surface area (Å²) < 4.78 is 23.2. The van der Waals surface area contributed by atoms with Gasteiger partial charge in [-0.25, -0.2) is 4.39 Å². The van der Waals surface area contributed by atoms with E-state index in [4.69, 9.17) is 4.42 Å². The number of nitrogens with zero attached hydrogens (tertiary/aromatic N) is 1. The number of aromatic nitrogens is 1. The predicted octanol–water partition coefficient (Wildman–Crippen LogP) is 7.96. The predicted molar refractivity (Wildman–Crippen MR) is 149 cm³/mol. The van der Waals surface area contributed by atoms with Crippen LogP contribution >= 0.6 is 0 Å². The fraction of sp³-hybridized carbons (Fsp3) is 0.323. The van der Waals surface area contributed by atoms with Gasteiger partial charge in [-0.1, -0.05) is 44.7 Å². The van der Waals surface area contributed by atoms with Crippen LogP contribution in [0.25, 0.3) is 44.1 Å². The molecule has 0 spiro atoms. The molecular weight excluding hydrogens is 449 g/mol. The third kappa shape index (κ3) is 3.61. The minimum absolute atomic E-state index is 0.233. The van der Waals surface area contributed by atoms with Gasteiger partial charge in [0.1, 0.15) is 24.0 Å². The zero-order chi connectivity index (χ0) is 25.4. The maximum Gasteiger partial charge on any atom is 0.217 e. The molecule has 4 heteroatoms. The van der Waals surface area contributed by atoms with Gasteiger partial charge in [0.15, 0.2) is 0 Å². The van der Waals surface area contributed by atoms with E-state index in [1.807, 2.05) is 6.07 Å². The molecule has 2 nitrogen and oxygen atoms in total. The van der Waals surface area contributed by atoms with Crippen LogP contribution in [0.1, 0.15) is 42.0 Å². The van der Waals surface area contributed by atoms with Crippen molar-refractivity contribution in [2.45, 2.75) is 60.2 Å². The Morgan fingerprint density at radius 2 is 1.54 bits per heavy atom. The fourth-order valence-corrected chi connectivity index (χ4v) is 6.48. The zero-order valence-corrected chi connectivity index (χ0v) is 23.4. The lowest BCUT2D eigenvalue weighted by Gasteiger charge is -2.19. The van der Waals surface area contributed by atoms with Crippen LogP contribution in [0.5, 0.6) is 0 Å². The maximum absolute atomic E-state index is 14.4. The average molecular weight is 485 g/mol. The lowest BCUT2D eigenvalue weighted by molar-refractivity contribution is -0.633. The number of furan rings is 1. The van der Waals surface area contributed by atoms with Gasteiger partial charge in [-0.3, -0.25) is 0 Å². The highest BCUT2D eigenvalue weighted by molar-refractivity contribution is 6.88. The molecule has 0 saturated heterocycles. The molecule has 0 unspecified atom stereocenters. The second-order valence-electron chi connectivity index (χ2n) is 11.4. The number of aryl methyl sites for hydroxylation is 3. The summed E-state index contributed by atoms with van der Waals surface area (Å²) in [6, 6.07) is 15.0. The molecule has 0 N–H and O–H groups in total. The highest BCUT2D eigenvalue weighted by Gasteiger charge is 2.27. The Balaban J connectivity index is 1.92. The van der Waals surface area contributed by atoms with Crippen molar-refractivity contribution < 1.29 is 13.4 Å². The summed E-state index contributed by atoms with van der Waals surface area (Å²) in [4.78, 5) is 0. The summed E-state index contributed by atoms with van der Waals surface area (Å²) in [5.74, 6) is 0.144. The molecule has 0 amide bonds. The summed E-state index contributed by atoms with van der Waals surface area (Å²) in [6.45, 7) is 17.8. The largest absolute Gasteiger partial charge is 0.455 e. The van der Waals surface area contributed by atoms with Gasteiger partial charge in [-0.15, -0.1) is 0 Å². The van der Waals surface area contributed by atoms with Crippen molar-refractivity contribution >= 4 is 46.1 Å². The van der Waals surface area contributed by atoms with E-state index in [-0.39, 0.29) is 5.82 Å². The third-order valence-electron chi connectivity index (χ3n) is 7.70. The Morgan fingerprint density at radius 1 is 0.829 bits per heavy atom. The smallest absolute Gasteiger partial charge is 0.217 e. The molecule has 180 valence electrons. The van der Waals surface area contributed by atoms with Crippen molar-refractivity contribution in [2.24, 2.45) is 7.05 Å². The van der Waals surface area contributed by atoms with Crippen molar-refractivity contribution in [3.63, 3.8) is 0 Å². The number of halogens is 1. The van der Waals surface area contributed by atoms with Gasteiger partial charge in [-0.2, -0.15) is 4.57 Å². The molecule has 0 atom stereocenters. The summed E-state index contributed by atoms with van der Waals surface area (Å²) in [6.07, 6.45) is 0. The normalized spacial score (nSPS) is 12.5. The lowest BCUT2D eigenvalue weighted by atomic mass is 9.92. The molecule has 0 aliphatic carbocycles. The maximum atomic E-state index is 14.4. The first kappa shape index (κ1) is 23.7. The second kappa shape index (κ2) is 8.02. The molecule has 2 aromatic heterocycles. The van der Waals surface area contributed by atoms with E-state index in [0.717, 1.165) is 27.6 Å². The highest BCUT2D eigenvalue weighted by Crippen LogP contribution is 2.41. The van der Waals surface area contributed by atoms with E-state index in [1.54, 1.807) is 13.0 Å². The number of hydrogen-bond donors (Lipinski definition) is 0. The Labute approximate surface area is 208 Å². The second-order valence-corrected chi connectivity index (χ2v) is 16.5. The van der Waals surface area contributed by atoms with Gasteiger partial charge in [0.05, 0.1) is 13.6 Å². The minimum atomic E-state index is -1.44. The van der Waals surface area contributed by atoms with Crippen LogP contribution in [-0.2, 0) is 7.05 Å². The number of pyridine rings is 1. The Hall–Kier alpha value is -2.98. The van der Waals surface area contributed by atoms with Gasteiger partial charge in [0.2, 0.25) is 11.2 Å². The first-order valence-corrected chi connectivity index (χ1v) is 16.0. The quantitative estimate of drug-likeness (QED) is 0.187. The van der Waals surface area contributed by atoms with Gasteiger partial charge >= 0.3 is 0 Å². The van der Waals surface area contributed by atoms with E-state index in [1.165, 1.54) is 32.8 Å². The van der Waals surface area contributed by atoms with Crippen molar-refractivity contribution in [2.75, 3.05) is 0 Å². The summed E-state index contributed by atoms with van der Waals surface area (Å²) in [7, 11) is 0.710. The van der Waals surface area contributed by atoms with Crippen LogP contribution in [0.15, 0.2) is 46.9 Å². The molecule has 3 aromatic carbocycles. The Kier molecular flexibility index (Phi) is 5.44. The molecule has 35 heavy (non-hydrogen) atoms. The number of rotatable bonds is 3. The van der Waals surface area contributed by atoms with Crippen molar-refractivity contribution in [1.82, 2.24) is 0 Å². The molecule has 0 fully saturated rings.